The van der Waals surface area contributed by atoms with E-state index in [1.807, 2.05) is 98.8 Å². The van der Waals surface area contributed by atoms with E-state index in [2.05, 4.69) is 67.8 Å². The maximum absolute atomic E-state index is 11.5. The fourth-order valence-electron chi connectivity index (χ4n) is 8.15. The third kappa shape index (κ3) is 8.77. The summed E-state index contributed by atoms with van der Waals surface area (Å²) in [6.45, 7) is 0.156. The second-order valence-corrected chi connectivity index (χ2v) is 17.3. The van der Waals surface area contributed by atoms with Crippen LogP contribution in [0.15, 0.2) is 170 Å². The van der Waals surface area contributed by atoms with E-state index in [-0.39, 0.29) is 37.8 Å². The zero-order valence-corrected chi connectivity index (χ0v) is 38.5. The number of phenols is 1. The van der Waals surface area contributed by atoms with Crippen LogP contribution in [0.3, 0.4) is 0 Å². The molecule has 0 aliphatic heterocycles. The van der Waals surface area contributed by atoms with Gasteiger partial charge < -0.3 is 5.11 Å². The summed E-state index contributed by atoms with van der Waals surface area (Å²) in [6, 6.07) is 54.7. The minimum atomic E-state index is -3.38. The van der Waals surface area contributed by atoms with Crippen molar-refractivity contribution in [2.75, 3.05) is 0 Å². The molecule has 1 N–H and O–H groups in total. The van der Waals surface area contributed by atoms with Crippen LogP contribution >= 0.6 is 0 Å². The van der Waals surface area contributed by atoms with E-state index in [0.717, 1.165) is 44.6 Å². The fourth-order valence-corrected chi connectivity index (χ4v) is 8.15. The van der Waals surface area contributed by atoms with E-state index >= 15 is 0 Å². The first-order valence-corrected chi connectivity index (χ1v) is 21.0. The van der Waals surface area contributed by atoms with Gasteiger partial charge in [0.15, 0.2) is 0 Å². The Morgan fingerprint density at radius 1 is 0.594 bits per heavy atom. The van der Waals surface area contributed by atoms with Crippen molar-refractivity contribution in [1.29, 1.82) is 0 Å². The number of pyridine rings is 1. The Labute approximate surface area is 407 Å². The number of fused-ring (bicyclic) bond motifs is 1. The molecule has 0 saturated carbocycles. The number of hydrogen-bond donors (Lipinski definition) is 1. The van der Waals surface area contributed by atoms with Crippen LogP contribution in [0.4, 0.5) is 0 Å². The van der Waals surface area contributed by atoms with Crippen molar-refractivity contribution in [2.24, 2.45) is 0 Å². The summed E-state index contributed by atoms with van der Waals surface area (Å²) in [5.74, 6) is -0.316. The quantitative estimate of drug-likeness (QED) is 0.154. The van der Waals surface area contributed by atoms with E-state index in [1.54, 1.807) is 24.4 Å². The Kier molecular flexibility index (Phi) is 9.16. The van der Waals surface area contributed by atoms with Crippen molar-refractivity contribution in [2.45, 2.75) is 71.9 Å². The molecule has 7 aromatic carbocycles. The first kappa shape index (κ1) is 33.2. The van der Waals surface area contributed by atoms with Crippen LogP contribution in [0, 0.1) is 6.07 Å². The van der Waals surface area contributed by atoms with Crippen molar-refractivity contribution in [3.63, 3.8) is 0 Å². The van der Waals surface area contributed by atoms with Crippen molar-refractivity contribution in [3.8, 4) is 78.6 Å². The molecule has 0 atom stereocenters. The number of para-hydroxylation sites is 2. The number of aromatic nitrogens is 3. The average Bonchev–Trinajstić information content (AvgIpc) is 3.72. The van der Waals surface area contributed by atoms with Gasteiger partial charge in [0.2, 0.25) is 0 Å². The number of phenolic OH excluding ortho intramolecular Hbond substituents is 1. The zero-order valence-electron chi connectivity index (χ0n) is 46.3. The summed E-state index contributed by atoms with van der Waals surface area (Å²) in [5.41, 5.74) is 8.87. The Morgan fingerprint density at radius 3 is 1.92 bits per heavy atom. The van der Waals surface area contributed by atoms with E-state index in [0.29, 0.717) is 44.9 Å². The first-order chi connectivity index (χ1) is 34.3. The maximum atomic E-state index is 11.5. The van der Waals surface area contributed by atoms with Gasteiger partial charge in [-0.15, -0.1) is 23.8 Å². The van der Waals surface area contributed by atoms with E-state index in [1.165, 1.54) is 29.8 Å². The van der Waals surface area contributed by atoms with Crippen LogP contribution in [0.2, 0.25) is 0 Å². The van der Waals surface area contributed by atoms with Gasteiger partial charge in [-0.05, 0) is 92.1 Å². The van der Waals surface area contributed by atoms with Gasteiger partial charge in [-0.1, -0.05) is 187 Å². The summed E-state index contributed by atoms with van der Waals surface area (Å²) in [6.07, 6.45) is 1.64. The molecule has 2 aromatic heterocycles. The molecule has 0 radical (unpaired) electrons. The second-order valence-electron chi connectivity index (χ2n) is 17.3. The van der Waals surface area contributed by atoms with Gasteiger partial charge >= 0.3 is 0 Å². The smallest absolute Gasteiger partial charge is 0.148 e. The molecule has 0 saturated heterocycles. The molecular formula is C59H54N3OPt-. The molecule has 4 nitrogen and oxygen atoms in total. The molecule has 64 heavy (non-hydrogen) atoms. The molecule has 0 spiro atoms. The van der Waals surface area contributed by atoms with Gasteiger partial charge in [0.25, 0.3) is 0 Å². The van der Waals surface area contributed by atoms with E-state index in [9.17, 15) is 5.11 Å². The van der Waals surface area contributed by atoms with Crippen LogP contribution in [0.25, 0.3) is 83.9 Å². The van der Waals surface area contributed by atoms with Gasteiger partial charge in [-0.2, -0.15) is 0 Å². The number of aromatic hydroxyl groups is 1. The minimum absolute atomic E-state index is 0. The summed E-state index contributed by atoms with van der Waals surface area (Å²) >= 11 is 0. The molecule has 0 bridgehead atoms. The van der Waals surface area contributed by atoms with Crippen molar-refractivity contribution < 1.29 is 39.9 Å². The molecule has 0 unspecified atom stereocenters. The first-order valence-electron chi connectivity index (χ1n) is 26.0. The molecule has 0 amide bonds. The van der Waals surface area contributed by atoms with Crippen LogP contribution < -0.4 is 0 Å². The van der Waals surface area contributed by atoms with Crippen LogP contribution in [-0.4, -0.2) is 19.6 Å². The number of nitrogens with zero attached hydrogens (tertiary/aromatic N) is 3. The fraction of sp³-hybridized carbons (Fsp3) is 0.186. The predicted octanol–water partition coefficient (Wildman–Crippen LogP) is 15.6. The maximum Gasteiger partial charge on any atom is 0.148 e. The Morgan fingerprint density at radius 2 is 1.23 bits per heavy atom. The standard InChI is InChI=1S/C59H54N3O.Pt/c1-38(2)42-25-30-53(51(36-42)41-23-28-48(29-24-41)59(6,7)8)62-54-19-14-18-49(56(54)61-57(62)50-17-12-13-20-55(50)63)45-33-44(39-15-10-9-11-16-39)34-46(35-45)52-37-43(31-32-60-52)40-21-26-47(27-22-40)58(3,4)5;/h9-34,36-38,63H,1-8H3;/q-1;/i3D3,4D3,5D3,38D;. The molecule has 0 aliphatic carbocycles. The van der Waals surface area contributed by atoms with Gasteiger partial charge in [-0.3, -0.25) is 9.55 Å². The van der Waals surface area contributed by atoms with Gasteiger partial charge in [0, 0.05) is 52.2 Å². The molecule has 2 heterocycles. The number of hydrogen-bond acceptors (Lipinski definition) is 3. The van der Waals surface area contributed by atoms with Crippen molar-refractivity contribution in [1.82, 2.24) is 14.5 Å². The topological polar surface area (TPSA) is 50.9 Å². The summed E-state index contributed by atoms with van der Waals surface area (Å²) in [5, 5.41) is 11.5. The molecule has 0 aliphatic rings. The van der Waals surface area contributed by atoms with Gasteiger partial charge in [0.05, 0.1) is 22.3 Å². The Balaban J connectivity index is 0.00000729. The van der Waals surface area contributed by atoms with Crippen LogP contribution in [0.5, 0.6) is 5.75 Å². The SMILES string of the molecule is [2H]C(C)(C)c1ccc(-n2c(-c3ccccc3O)nc3c(-c4[c-]c(-c5cc(-c6ccc(C(C([2H])([2H])[2H])(C([2H])([2H])[2H])C([2H])([2H])[2H])cc6)ccn5)cc(-c5ccccc5)c4)cccc32)c(-c2ccc(C(C)(C)C)cc2)c1.[Pt]. The molecule has 5 heteroatoms. The molecule has 9 aromatic rings. The number of rotatable bonds is 8. The minimum Gasteiger partial charge on any atom is -0.507 e. The number of benzene rings is 7. The van der Waals surface area contributed by atoms with Crippen LogP contribution in [0.1, 0.15) is 91.5 Å². The Bertz CT molecular complexity index is 3460. The Hall–Kier alpha value is -6.35. The summed E-state index contributed by atoms with van der Waals surface area (Å²) in [7, 11) is 0. The second kappa shape index (κ2) is 17.7. The normalized spacial score (nSPS) is 14.9. The third-order valence-electron chi connectivity index (χ3n) is 11.7. The molecular weight excluding hydrogens is 962 g/mol. The van der Waals surface area contributed by atoms with Crippen LogP contribution in [-0.2, 0) is 31.9 Å². The van der Waals surface area contributed by atoms with Crippen molar-refractivity contribution in [3.05, 3.63) is 193 Å². The average molecular weight is 1030 g/mol. The van der Waals surface area contributed by atoms with E-state index in [4.69, 9.17) is 23.7 Å². The molecule has 9 rings (SSSR count). The predicted molar refractivity (Wildman–Crippen MR) is 263 cm³/mol. The summed E-state index contributed by atoms with van der Waals surface area (Å²) < 4.78 is 84.9. The van der Waals surface area contributed by atoms with Crippen molar-refractivity contribution >= 4 is 11.0 Å². The van der Waals surface area contributed by atoms with Gasteiger partial charge in [0.1, 0.15) is 11.6 Å². The van der Waals surface area contributed by atoms with Gasteiger partial charge in [-0.25, -0.2) is 4.98 Å². The number of imidazole rings is 1. The molecule has 0 fully saturated rings. The largest absolute Gasteiger partial charge is 0.507 e. The summed E-state index contributed by atoms with van der Waals surface area (Å²) in [4.78, 5) is 10.2. The van der Waals surface area contributed by atoms with E-state index < -0.39 is 31.9 Å². The zero-order chi connectivity index (χ0) is 52.5. The third-order valence-corrected chi connectivity index (χ3v) is 11.7. The molecule has 322 valence electrons. The monoisotopic (exact) mass is 1030 g/mol.